The third-order valence-electron chi connectivity index (χ3n) is 7.81. The quantitative estimate of drug-likeness (QED) is 0.178. The third-order valence-corrected chi connectivity index (χ3v) is 10.0. The molecule has 230 valence electrons. The predicted molar refractivity (Wildman–Crippen MR) is 176 cm³/mol. The van der Waals surface area contributed by atoms with Crippen LogP contribution in [0, 0.1) is 0 Å². The molecule has 0 bridgehead atoms. The topological polar surface area (TPSA) is 71.4 Å². The van der Waals surface area contributed by atoms with Crippen LogP contribution in [0.4, 0.5) is 22.7 Å². The summed E-state index contributed by atoms with van der Waals surface area (Å²) in [4.78, 5) is 7.98. The van der Waals surface area contributed by atoms with Crippen LogP contribution in [-0.4, -0.2) is 51.1 Å². The van der Waals surface area contributed by atoms with E-state index in [-0.39, 0.29) is 18.3 Å². The lowest BCUT2D eigenvalue weighted by molar-refractivity contribution is -0.846. The number of unbranched alkanes of at least 4 members (excludes halogenated alkanes) is 3. The van der Waals surface area contributed by atoms with E-state index < -0.39 is 10.1 Å². The van der Waals surface area contributed by atoms with Crippen LogP contribution in [0.3, 0.4) is 0 Å². The summed E-state index contributed by atoms with van der Waals surface area (Å²) in [6.45, 7) is 9.42. The fraction of sp³-hybridized carbons (Fsp3) is 0.467. The third kappa shape index (κ3) is 7.34. The van der Waals surface area contributed by atoms with Gasteiger partial charge in [-0.3, -0.25) is 4.90 Å². The molecule has 0 saturated carbocycles. The number of nitrogens with one attached hydrogen (secondary N) is 1. The molecule has 0 amide bonds. The average molecular weight is 677 g/mol. The van der Waals surface area contributed by atoms with Gasteiger partial charge in [0.05, 0.1) is 48.1 Å². The molecule has 0 aliphatic carbocycles. The van der Waals surface area contributed by atoms with Crippen LogP contribution >= 0.6 is 46.4 Å². The summed E-state index contributed by atoms with van der Waals surface area (Å²) >= 11 is 25.7. The molecule has 42 heavy (non-hydrogen) atoms. The highest BCUT2D eigenvalue weighted by molar-refractivity contribution is 7.85. The molecule has 1 N–H and O–H groups in total. The lowest BCUT2D eigenvalue weighted by Crippen LogP contribution is -3.11. The van der Waals surface area contributed by atoms with E-state index in [9.17, 15) is 13.0 Å². The number of rotatable bonds is 13. The van der Waals surface area contributed by atoms with Crippen molar-refractivity contribution in [3.05, 3.63) is 68.4 Å². The Balaban J connectivity index is 1.68. The molecular weight excluding hydrogens is 638 g/mol. The Hall–Kier alpha value is -1.65. The number of halogens is 4. The Kier molecular flexibility index (Phi) is 11.4. The fourth-order valence-electron chi connectivity index (χ4n) is 5.86. The number of benzene rings is 2. The van der Waals surface area contributed by atoms with Crippen molar-refractivity contribution in [2.75, 3.05) is 46.6 Å². The normalized spacial score (nSPS) is 19.4. The number of hydrogen-bond donors (Lipinski definition) is 1. The second-order valence-electron chi connectivity index (χ2n) is 10.5. The van der Waals surface area contributed by atoms with Gasteiger partial charge in [0.2, 0.25) is 0 Å². The van der Waals surface area contributed by atoms with E-state index in [0.29, 0.717) is 39.6 Å². The van der Waals surface area contributed by atoms with Crippen LogP contribution in [-0.2, 0) is 10.1 Å². The van der Waals surface area contributed by atoms with E-state index in [1.165, 1.54) is 4.90 Å². The van der Waals surface area contributed by atoms with Gasteiger partial charge in [0.15, 0.2) is 11.9 Å². The summed E-state index contributed by atoms with van der Waals surface area (Å²) in [6, 6.07) is 7.68. The predicted octanol–water partition coefficient (Wildman–Crippen LogP) is 7.24. The van der Waals surface area contributed by atoms with E-state index in [4.69, 9.17) is 46.4 Å². The van der Waals surface area contributed by atoms with Crippen molar-refractivity contribution >= 4 is 79.3 Å². The second-order valence-corrected chi connectivity index (χ2v) is 13.7. The Morgan fingerprint density at radius 3 is 2.05 bits per heavy atom. The van der Waals surface area contributed by atoms with Crippen LogP contribution in [0.1, 0.15) is 52.9 Å². The second kappa shape index (κ2) is 14.4. The molecule has 2 aromatic carbocycles. The molecule has 2 aromatic rings. The van der Waals surface area contributed by atoms with Gasteiger partial charge in [0.1, 0.15) is 11.5 Å². The molecule has 12 heteroatoms. The van der Waals surface area contributed by atoms with Crippen molar-refractivity contribution in [2.45, 2.75) is 59.0 Å². The van der Waals surface area contributed by atoms with E-state index in [2.05, 4.69) is 53.7 Å². The zero-order chi connectivity index (χ0) is 30.6. The first-order valence-corrected chi connectivity index (χ1v) is 17.6. The molecule has 4 rings (SSSR count). The van der Waals surface area contributed by atoms with Gasteiger partial charge in [0.25, 0.3) is 0 Å². The minimum Gasteiger partial charge on any atom is -0.748 e. The van der Waals surface area contributed by atoms with Crippen LogP contribution < -0.4 is 19.6 Å². The molecule has 2 aliphatic heterocycles. The summed E-state index contributed by atoms with van der Waals surface area (Å²) in [7, 11) is -4.26. The van der Waals surface area contributed by atoms with E-state index in [1.54, 1.807) is 0 Å². The van der Waals surface area contributed by atoms with E-state index in [0.717, 1.165) is 60.9 Å². The number of nitrogens with zero attached hydrogens (tertiary/aromatic N) is 3. The number of fused-ring (bicyclic) bond motifs is 2. The zero-order valence-electron chi connectivity index (χ0n) is 24.2. The molecule has 2 atom stereocenters. The first-order valence-electron chi connectivity index (χ1n) is 14.5. The number of anilines is 3. The van der Waals surface area contributed by atoms with Crippen molar-refractivity contribution in [3.63, 3.8) is 0 Å². The smallest absolute Gasteiger partial charge is 0.187 e. The van der Waals surface area contributed by atoms with Gasteiger partial charge >= 0.3 is 0 Å². The zero-order valence-corrected chi connectivity index (χ0v) is 28.0. The summed E-state index contributed by atoms with van der Waals surface area (Å²) in [5, 5.41) is 2.02. The van der Waals surface area contributed by atoms with Gasteiger partial charge in [-0.2, -0.15) is 0 Å². The molecule has 2 heterocycles. The maximum absolute atomic E-state index is 11.2. The summed E-state index contributed by atoms with van der Waals surface area (Å²) in [5.41, 5.74) is 4.09. The lowest BCUT2D eigenvalue weighted by atomic mass is 10.2. The number of hydrogen-bond acceptors (Lipinski definition) is 6. The lowest BCUT2D eigenvalue weighted by Gasteiger charge is -2.26. The molecule has 7 nitrogen and oxygen atoms in total. The highest BCUT2D eigenvalue weighted by Gasteiger charge is 2.39. The Labute approximate surface area is 270 Å². The highest BCUT2D eigenvalue weighted by Crippen LogP contribution is 2.45. The molecule has 0 spiro atoms. The van der Waals surface area contributed by atoms with Gasteiger partial charge < -0.3 is 19.3 Å². The molecule has 0 saturated heterocycles. The number of allylic oxidation sites excluding steroid dienone is 2. The van der Waals surface area contributed by atoms with E-state index in [1.807, 2.05) is 24.3 Å². The molecule has 2 aliphatic rings. The molecule has 2 unspecified atom stereocenters. The molecule has 0 radical (unpaired) electrons. The van der Waals surface area contributed by atoms with Crippen molar-refractivity contribution in [3.8, 4) is 0 Å². The average Bonchev–Trinajstić information content (AvgIpc) is 3.37. The van der Waals surface area contributed by atoms with Crippen LogP contribution in [0.2, 0.25) is 20.1 Å². The maximum atomic E-state index is 11.2. The van der Waals surface area contributed by atoms with Gasteiger partial charge in [-0.05, 0) is 69.9 Å². The van der Waals surface area contributed by atoms with Crippen LogP contribution in [0.15, 0.2) is 48.3 Å². The van der Waals surface area contributed by atoms with Crippen molar-refractivity contribution < 1.29 is 17.9 Å². The van der Waals surface area contributed by atoms with Crippen molar-refractivity contribution in [1.82, 2.24) is 0 Å². The van der Waals surface area contributed by atoms with E-state index >= 15 is 0 Å². The molecular formula is C30H38Cl4N4O3S. The minimum atomic E-state index is -4.26. The fourth-order valence-corrected chi connectivity index (χ4v) is 7.05. The molecule has 0 aromatic heterocycles. The minimum absolute atomic E-state index is 0.0618. The van der Waals surface area contributed by atoms with Crippen LogP contribution in [0.25, 0.3) is 0 Å². The largest absolute Gasteiger partial charge is 0.748 e. The Morgan fingerprint density at radius 1 is 0.833 bits per heavy atom. The summed E-state index contributed by atoms with van der Waals surface area (Å²) in [5.74, 6) is 0.551. The highest BCUT2D eigenvalue weighted by atomic mass is 35.5. The first-order chi connectivity index (χ1) is 20.0. The number of likely N-dealkylation sites (N-methyl/N-ethyl adjacent to an activating group) is 1. The van der Waals surface area contributed by atoms with Gasteiger partial charge in [0, 0.05) is 31.5 Å². The first kappa shape index (κ1) is 33.2. The van der Waals surface area contributed by atoms with Gasteiger partial charge in [-0.25, -0.2) is 8.42 Å². The molecule has 0 fully saturated rings. The van der Waals surface area contributed by atoms with Gasteiger partial charge in [-0.15, -0.1) is 0 Å². The SMILES string of the molecule is CCCCC[NH+]1c2cc(Cl)c(Cl)cc2N(CC)C1C=CC=C1N(CC)c2cc(Cl)c(Cl)cc2N1CCCCS(=O)(=O)[O-]. The number of quaternary nitrogens is 1. The standard InChI is InChI=1S/C30H38Cl4N4O3S/c1-4-7-8-14-37-27-19-23(33)21(31)17-25(27)35(5-2)29(37)12-11-13-30-36(6-3)26-18-22(32)24(34)20-28(26)38(30)15-9-10-16-42(39,40)41/h11-13,17-20,29H,4-10,14-16H2,1-3H3,(H,39,40,41). The Bertz CT molecular complexity index is 1450. The summed E-state index contributed by atoms with van der Waals surface area (Å²) < 4.78 is 33.5. The maximum Gasteiger partial charge on any atom is 0.187 e. The Morgan fingerprint density at radius 2 is 1.45 bits per heavy atom. The van der Waals surface area contributed by atoms with Crippen molar-refractivity contribution in [2.24, 2.45) is 0 Å². The van der Waals surface area contributed by atoms with Gasteiger partial charge in [-0.1, -0.05) is 65.8 Å². The van der Waals surface area contributed by atoms with Crippen LogP contribution in [0.5, 0.6) is 0 Å². The van der Waals surface area contributed by atoms with Crippen molar-refractivity contribution in [1.29, 1.82) is 0 Å². The monoisotopic (exact) mass is 674 g/mol. The summed E-state index contributed by atoms with van der Waals surface area (Å²) in [6.07, 6.45) is 10.7.